The third-order valence-corrected chi connectivity index (χ3v) is 5.20. The van der Waals surface area contributed by atoms with Gasteiger partial charge in [-0.25, -0.2) is 9.97 Å². The predicted octanol–water partition coefficient (Wildman–Crippen LogP) is 4.38. The van der Waals surface area contributed by atoms with Crippen molar-refractivity contribution in [1.29, 1.82) is 0 Å². The number of piperidine rings is 1. The van der Waals surface area contributed by atoms with Crippen LogP contribution in [0.5, 0.6) is 5.88 Å². The summed E-state index contributed by atoms with van der Waals surface area (Å²) in [6.07, 6.45) is 2.10. The number of pyridine rings is 2. The van der Waals surface area contributed by atoms with E-state index in [1.54, 1.807) is 6.20 Å². The lowest BCUT2D eigenvalue weighted by Crippen LogP contribution is -2.46. The Hall–Kier alpha value is -2.31. The van der Waals surface area contributed by atoms with Crippen LogP contribution in [0.1, 0.15) is 36.8 Å². The number of rotatable bonds is 3. The van der Waals surface area contributed by atoms with Crippen LogP contribution in [0.2, 0.25) is 0 Å². The van der Waals surface area contributed by atoms with Crippen molar-refractivity contribution < 1.29 is 17.9 Å². The van der Waals surface area contributed by atoms with Gasteiger partial charge in [0.05, 0.1) is 5.56 Å². The van der Waals surface area contributed by atoms with Crippen LogP contribution < -0.4 is 9.64 Å². The monoisotopic (exact) mass is 363 g/mol. The minimum absolute atomic E-state index is 0.0772. The van der Waals surface area contributed by atoms with Gasteiger partial charge in [-0.05, 0) is 37.5 Å². The molecule has 0 aromatic carbocycles. The highest BCUT2D eigenvalue weighted by Crippen LogP contribution is 2.40. The van der Waals surface area contributed by atoms with Crippen LogP contribution in [-0.2, 0) is 6.18 Å². The van der Waals surface area contributed by atoms with Gasteiger partial charge in [0.2, 0.25) is 5.88 Å². The summed E-state index contributed by atoms with van der Waals surface area (Å²) in [6, 6.07) is 6.93. The van der Waals surface area contributed by atoms with Gasteiger partial charge >= 0.3 is 6.18 Å². The van der Waals surface area contributed by atoms with Crippen molar-refractivity contribution >= 4 is 5.82 Å². The summed E-state index contributed by atoms with van der Waals surface area (Å²) in [4.78, 5) is 10.5. The fourth-order valence-corrected chi connectivity index (χ4v) is 4.00. The number of anilines is 1. The van der Waals surface area contributed by atoms with Crippen LogP contribution in [0.4, 0.5) is 19.0 Å². The van der Waals surface area contributed by atoms with E-state index in [9.17, 15) is 13.2 Å². The zero-order chi connectivity index (χ0) is 18.3. The van der Waals surface area contributed by atoms with Crippen LogP contribution in [0.3, 0.4) is 0 Å². The average Bonchev–Trinajstić information content (AvgIpc) is 2.87. The molecule has 4 rings (SSSR count). The lowest BCUT2D eigenvalue weighted by molar-refractivity contribution is -0.137. The zero-order valence-corrected chi connectivity index (χ0v) is 14.4. The van der Waals surface area contributed by atoms with Crippen molar-refractivity contribution in [3.8, 4) is 5.88 Å². The summed E-state index contributed by atoms with van der Waals surface area (Å²) in [6.45, 7) is 1.98. The quantitative estimate of drug-likeness (QED) is 0.811. The Bertz CT molecular complexity index is 747. The summed E-state index contributed by atoms with van der Waals surface area (Å²) in [5, 5.41) is 0. The van der Waals surface area contributed by atoms with Crippen molar-refractivity contribution in [1.82, 2.24) is 9.97 Å². The number of hydrogen-bond acceptors (Lipinski definition) is 4. The molecule has 2 aromatic heterocycles. The molecule has 2 saturated heterocycles. The van der Waals surface area contributed by atoms with Crippen LogP contribution >= 0.6 is 0 Å². The number of halogens is 3. The first-order valence-electron chi connectivity index (χ1n) is 8.81. The second kappa shape index (κ2) is 6.45. The highest BCUT2D eigenvalue weighted by molar-refractivity contribution is 5.45. The molecule has 2 aliphatic rings. The van der Waals surface area contributed by atoms with E-state index in [0.29, 0.717) is 11.7 Å². The minimum Gasteiger partial charge on any atom is -0.474 e. The van der Waals surface area contributed by atoms with Crippen LogP contribution in [-0.4, -0.2) is 28.2 Å². The third kappa shape index (κ3) is 3.34. The van der Waals surface area contributed by atoms with Gasteiger partial charge in [-0.1, -0.05) is 6.07 Å². The Labute approximate surface area is 150 Å². The number of fused-ring (bicyclic) bond motifs is 2. The Morgan fingerprint density at radius 1 is 1.00 bits per heavy atom. The van der Waals surface area contributed by atoms with E-state index in [0.717, 1.165) is 43.5 Å². The van der Waals surface area contributed by atoms with E-state index >= 15 is 0 Å². The second-order valence-electron chi connectivity index (χ2n) is 7.08. The lowest BCUT2D eigenvalue weighted by atomic mass is 9.99. The predicted molar refractivity (Wildman–Crippen MR) is 91.2 cm³/mol. The van der Waals surface area contributed by atoms with Crippen molar-refractivity contribution in [2.75, 3.05) is 4.90 Å². The maximum atomic E-state index is 12.7. The van der Waals surface area contributed by atoms with Gasteiger partial charge in [-0.3, -0.25) is 0 Å². The maximum absolute atomic E-state index is 12.7. The first-order valence-corrected chi connectivity index (χ1v) is 8.81. The van der Waals surface area contributed by atoms with Gasteiger partial charge in [0, 0.05) is 43.4 Å². The maximum Gasteiger partial charge on any atom is 0.417 e. The second-order valence-corrected chi connectivity index (χ2v) is 7.08. The standard InChI is InChI=1S/C19H20F3N3O/c1-12-2-7-18(24-10-12)26-16-8-14-4-5-15(9-16)25(14)17-6-3-13(11-23-17)19(20,21)22/h2-3,6-7,10-11,14-16H,4-5,8-9H2,1H3/t14-,15+,16+. The summed E-state index contributed by atoms with van der Waals surface area (Å²) < 4.78 is 44.2. The molecule has 26 heavy (non-hydrogen) atoms. The number of alkyl halides is 3. The lowest BCUT2D eigenvalue weighted by Gasteiger charge is -2.39. The number of hydrogen-bond donors (Lipinski definition) is 0. The van der Waals surface area contributed by atoms with Gasteiger partial charge in [-0.2, -0.15) is 13.2 Å². The molecule has 0 aliphatic carbocycles. The zero-order valence-electron chi connectivity index (χ0n) is 14.4. The summed E-state index contributed by atoms with van der Waals surface area (Å²) in [5.74, 6) is 1.25. The smallest absolute Gasteiger partial charge is 0.417 e. The normalized spacial score (nSPS) is 25.4. The first kappa shape index (κ1) is 17.1. The Morgan fingerprint density at radius 3 is 2.27 bits per heavy atom. The molecule has 3 atom stereocenters. The summed E-state index contributed by atoms with van der Waals surface area (Å²) in [7, 11) is 0. The fourth-order valence-electron chi connectivity index (χ4n) is 4.00. The molecule has 4 heterocycles. The van der Waals surface area contributed by atoms with Crippen LogP contribution in [0.15, 0.2) is 36.7 Å². The fraction of sp³-hybridized carbons (Fsp3) is 0.474. The van der Waals surface area contributed by atoms with Crippen molar-refractivity contribution in [2.24, 2.45) is 0 Å². The van der Waals surface area contributed by atoms with Gasteiger partial charge in [0.1, 0.15) is 11.9 Å². The SMILES string of the molecule is Cc1ccc(O[C@H]2C[C@H]3CC[C@@H](C2)N3c2ccc(C(F)(F)F)cn2)nc1. The number of ether oxygens (including phenoxy) is 1. The Balaban J connectivity index is 1.46. The molecule has 0 spiro atoms. The minimum atomic E-state index is -4.35. The average molecular weight is 363 g/mol. The van der Waals surface area contributed by atoms with Crippen LogP contribution in [0.25, 0.3) is 0 Å². The molecule has 2 bridgehead atoms. The molecule has 0 saturated carbocycles. The molecule has 0 radical (unpaired) electrons. The van der Waals surface area contributed by atoms with E-state index in [-0.39, 0.29) is 18.2 Å². The van der Waals surface area contributed by atoms with Gasteiger partial charge in [0.15, 0.2) is 0 Å². The molecule has 0 N–H and O–H groups in total. The highest BCUT2D eigenvalue weighted by atomic mass is 19.4. The van der Waals surface area contributed by atoms with E-state index in [1.807, 2.05) is 19.1 Å². The molecule has 2 aromatic rings. The summed E-state index contributed by atoms with van der Waals surface area (Å²) in [5.41, 5.74) is 0.373. The molecule has 4 nitrogen and oxygen atoms in total. The van der Waals surface area contributed by atoms with E-state index in [1.165, 1.54) is 6.07 Å². The summed E-state index contributed by atoms with van der Waals surface area (Å²) >= 11 is 0. The van der Waals surface area contributed by atoms with Crippen LogP contribution in [0, 0.1) is 6.92 Å². The number of aromatic nitrogens is 2. The van der Waals surface area contributed by atoms with Gasteiger partial charge in [-0.15, -0.1) is 0 Å². The van der Waals surface area contributed by atoms with Crippen molar-refractivity contribution in [2.45, 2.75) is 57.0 Å². The van der Waals surface area contributed by atoms with Crippen molar-refractivity contribution in [3.05, 3.63) is 47.8 Å². The van der Waals surface area contributed by atoms with E-state index in [4.69, 9.17) is 4.74 Å². The molecule has 0 unspecified atom stereocenters. The van der Waals surface area contributed by atoms with E-state index < -0.39 is 11.7 Å². The molecule has 7 heteroatoms. The molecule has 138 valence electrons. The molecule has 2 fully saturated rings. The molecular weight excluding hydrogens is 343 g/mol. The Kier molecular flexibility index (Phi) is 4.25. The van der Waals surface area contributed by atoms with Crippen molar-refractivity contribution in [3.63, 3.8) is 0 Å². The third-order valence-electron chi connectivity index (χ3n) is 5.20. The highest BCUT2D eigenvalue weighted by Gasteiger charge is 2.42. The largest absolute Gasteiger partial charge is 0.474 e. The molecule has 2 aliphatic heterocycles. The van der Waals surface area contributed by atoms with Gasteiger partial charge in [0.25, 0.3) is 0 Å². The first-order chi connectivity index (χ1) is 12.4. The number of aryl methyl sites for hydroxylation is 1. The Morgan fingerprint density at radius 2 is 1.73 bits per heavy atom. The molecule has 0 amide bonds. The number of nitrogens with zero attached hydrogens (tertiary/aromatic N) is 3. The topological polar surface area (TPSA) is 38.2 Å². The van der Waals surface area contributed by atoms with Gasteiger partial charge < -0.3 is 9.64 Å². The van der Waals surface area contributed by atoms with E-state index in [2.05, 4.69) is 14.9 Å². The molecular formula is C19H20F3N3O.